The molecule has 1 heterocycles. The summed E-state index contributed by atoms with van der Waals surface area (Å²) in [6.45, 7) is 9.01. The molecule has 0 bridgehead atoms. The average molecular weight is 254 g/mol. The number of piperidine rings is 1. The SMILES string of the molecule is CCNCCC1(OCCN2CCCCC2)CCC1. The Kier molecular flexibility index (Phi) is 5.93. The second kappa shape index (κ2) is 7.46. The van der Waals surface area contributed by atoms with E-state index < -0.39 is 0 Å². The van der Waals surface area contributed by atoms with Gasteiger partial charge < -0.3 is 15.0 Å². The first-order chi connectivity index (χ1) is 8.85. The van der Waals surface area contributed by atoms with Crippen LogP contribution in [0.25, 0.3) is 0 Å². The molecule has 0 unspecified atom stereocenters. The lowest BCUT2D eigenvalue weighted by Crippen LogP contribution is -2.44. The highest BCUT2D eigenvalue weighted by Crippen LogP contribution is 2.38. The molecule has 3 nitrogen and oxygen atoms in total. The van der Waals surface area contributed by atoms with E-state index in [9.17, 15) is 0 Å². The van der Waals surface area contributed by atoms with E-state index in [2.05, 4.69) is 17.1 Å². The molecule has 0 amide bonds. The third kappa shape index (κ3) is 4.22. The van der Waals surface area contributed by atoms with Crippen molar-refractivity contribution in [2.24, 2.45) is 0 Å². The first-order valence-corrected chi connectivity index (χ1v) is 7.92. The van der Waals surface area contributed by atoms with Gasteiger partial charge in [0, 0.05) is 6.54 Å². The number of nitrogens with zero attached hydrogens (tertiary/aromatic N) is 1. The maximum absolute atomic E-state index is 6.23. The van der Waals surface area contributed by atoms with E-state index in [4.69, 9.17) is 4.74 Å². The summed E-state index contributed by atoms with van der Waals surface area (Å²) < 4.78 is 6.23. The normalized spacial score (nSPS) is 23.8. The fourth-order valence-corrected chi connectivity index (χ4v) is 3.10. The van der Waals surface area contributed by atoms with Crippen molar-refractivity contribution >= 4 is 0 Å². The van der Waals surface area contributed by atoms with Crippen LogP contribution in [0.5, 0.6) is 0 Å². The fraction of sp³-hybridized carbons (Fsp3) is 1.00. The molecule has 1 aliphatic carbocycles. The molecule has 2 fully saturated rings. The van der Waals surface area contributed by atoms with Crippen LogP contribution in [0.4, 0.5) is 0 Å². The van der Waals surface area contributed by atoms with Gasteiger partial charge in [0.25, 0.3) is 0 Å². The van der Waals surface area contributed by atoms with Crippen molar-refractivity contribution in [3.63, 3.8) is 0 Å². The van der Waals surface area contributed by atoms with Crippen molar-refractivity contribution in [1.82, 2.24) is 10.2 Å². The van der Waals surface area contributed by atoms with E-state index in [0.29, 0.717) is 0 Å². The van der Waals surface area contributed by atoms with Crippen LogP contribution in [0.1, 0.15) is 51.9 Å². The Bertz CT molecular complexity index is 223. The van der Waals surface area contributed by atoms with E-state index in [-0.39, 0.29) is 5.60 Å². The number of hydrogen-bond acceptors (Lipinski definition) is 3. The minimum atomic E-state index is 0.234. The van der Waals surface area contributed by atoms with Gasteiger partial charge in [-0.2, -0.15) is 0 Å². The van der Waals surface area contributed by atoms with Crippen LogP contribution in [-0.4, -0.2) is 49.8 Å². The van der Waals surface area contributed by atoms with Gasteiger partial charge in [0.2, 0.25) is 0 Å². The average Bonchev–Trinajstić information content (AvgIpc) is 2.36. The van der Waals surface area contributed by atoms with Crippen molar-refractivity contribution in [1.29, 1.82) is 0 Å². The highest BCUT2D eigenvalue weighted by molar-refractivity contribution is 4.90. The molecule has 0 spiro atoms. The summed E-state index contributed by atoms with van der Waals surface area (Å²) in [5.74, 6) is 0. The van der Waals surface area contributed by atoms with Crippen molar-refractivity contribution in [2.75, 3.05) is 39.3 Å². The second-order valence-electron chi connectivity index (χ2n) is 5.89. The standard InChI is InChI=1S/C15H30N2O/c1-2-16-10-9-15(7-6-8-15)18-14-13-17-11-4-3-5-12-17/h16H,2-14H2,1H3. The lowest BCUT2D eigenvalue weighted by atomic mass is 9.77. The summed E-state index contributed by atoms with van der Waals surface area (Å²) in [5.41, 5.74) is 0.234. The Morgan fingerprint density at radius 1 is 1.11 bits per heavy atom. The molecule has 1 N–H and O–H groups in total. The predicted octanol–water partition coefficient (Wildman–Crippen LogP) is 2.41. The smallest absolute Gasteiger partial charge is 0.0695 e. The van der Waals surface area contributed by atoms with Crippen LogP contribution in [0.15, 0.2) is 0 Å². The number of nitrogens with one attached hydrogen (secondary N) is 1. The number of ether oxygens (including phenoxy) is 1. The van der Waals surface area contributed by atoms with Crippen LogP contribution < -0.4 is 5.32 Å². The Balaban J connectivity index is 1.60. The first-order valence-electron chi connectivity index (χ1n) is 7.92. The van der Waals surface area contributed by atoms with E-state index >= 15 is 0 Å². The van der Waals surface area contributed by atoms with Gasteiger partial charge in [-0.3, -0.25) is 0 Å². The van der Waals surface area contributed by atoms with Gasteiger partial charge in [-0.25, -0.2) is 0 Å². The van der Waals surface area contributed by atoms with Crippen LogP contribution in [0.2, 0.25) is 0 Å². The quantitative estimate of drug-likeness (QED) is 0.673. The topological polar surface area (TPSA) is 24.5 Å². The van der Waals surface area contributed by atoms with Crippen molar-refractivity contribution in [3.05, 3.63) is 0 Å². The molecule has 0 aromatic rings. The molecule has 18 heavy (non-hydrogen) atoms. The van der Waals surface area contributed by atoms with Crippen LogP contribution in [0.3, 0.4) is 0 Å². The second-order valence-corrected chi connectivity index (χ2v) is 5.89. The third-order valence-electron chi connectivity index (χ3n) is 4.54. The van der Waals surface area contributed by atoms with Crippen LogP contribution >= 0.6 is 0 Å². The zero-order valence-electron chi connectivity index (χ0n) is 12.0. The molecule has 0 aromatic heterocycles. The molecular formula is C15H30N2O. The van der Waals surface area contributed by atoms with E-state index in [1.165, 1.54) is 58.0 Å². The molecular weight excluding hydrogens is 224 g/mol. The maximum atomic E-state index is 6.23. The summed E-state index contributed by atoms with van der Waals surface area (Å²) >= 11 is 0. The number of rotatable bonds is 8. The van der Waals surface area contributed by atoms with Crippen molar-refractivity contribution in [2.45, 2.75) is 57.5 Å². The highest BCUT2D eigenvalue weighted by Gasteiger charge is 2.37. The Hall–Kier alpha value is -0.120. The summed E-state index contributed by atoms with van der Waals surface area (Å²) in [5, 5.41) is 3.42. The van der Waals surface area contributed by atoms with E-state index in [1.807, 2.05) is 0 Å². The molecule has 1 aliphatic heterocycles. The third-order valence-corrected chi connectivity index (χ3v) is 4.54. The minimum absolute atomic E-state index is 0.234. The molecule has 3 heteroatoms. The monoisotopic (exact) mass is 254 g/mol. The highest BCUT2D eigenvalue weighted by atomic mass is 16.5. The Morgan fingerprint density at radius 2 is 1.89 bits per heavy atom. The molecule has 106 valence electrons. The van der Waals surface area contributed by atoms with Gasteiger partial charge in [0.1, 0.15) is 0 Å². The van der Waals surface area contributed by atoms with Gasteiger partial charge in [0.15, 0.2) is 0 Å². The first kappa shape index (κ1) is 14.3. The molecule has 2 rings (SSSR count). The fourth-order valence-electron chi connectivity index (χ4n) is 3.10. The zero-order valence-corrected chi connectivity index (χ0v) is 12.0. The van der Waals surface area contributed by atoms with Gasteiger partial charge in [-0.15, -0.1) is 0 Å². The van der Waals surface area contributed by atoms with Crippen molar-refractivity contribution in [3.8, 4) is 0 Å². The van der Waals surface area contributed by atoms with Gasteiger partial charge in [0.05, 0.1) is 12.2 Å². The number of hydrogen-bond donors (Lipinski definition) is 1. The molecule has 2 aliphatic rings. The largest absolute Gasteiger partial charge is 0.374 e. The van der Waals surface area contributed by atoms with Crippen LogP contribution in [0, 0.1) is 0 Å². The maximum Gasteiger partial charge on any atom is 0.0695 e. The lowest BCUT2D eigenvalue weighted by Gasteiger charge is -2.42. The lowest BCUT2D eigenvalue weighted by molar-refractivity contribution is -0.109. The molecule has 0 radical (unpaired) electrons. The zero-order chi connectivity index (χ0) is 12.7. The summed E-state index contributed by atoms with van der Waals surface area (Å²) in [6, 6.07) is 0. The van der Waals surface area contributed by atoms with Gasteiger partial charge >= 0.3 is 0 Å². The van der Waals surface area contributed by atoms with Gasteiger partial charge in [-0.05, 0) is 64.7 Å². The summed E-state index contributed by atoms with van der Waals surface area (Å²) in [7, 11) is 0. The van der Waals surface area contributed by atoms with E-state index in [1.54, 1.807) is 0 Å². The van der Waals surface area contributed by atoms with Crippen molar-refractivity contribution < 1.29 is 4.74 Å². The number of likely N-dealkylation sites (tertiary alicyclic amines) is 1. The predicted molar refractivity (Wildman–Crippen MR) is 76.0 cm³/mol. The Morgan fingerprint density at radius 3 is 2.50 bits per heavy atom. The molecule has 1 saturated heterocycles. The Labute approximate surface area is 112 Å². The molecule has 0 aromatic carbocycles. The minimum Gasteiger partial charge on any atom is -0.374 e. The summed E-state index contributed by atoms with van der Waals surface area (Å²) in [4.78, 5) is 2.57. The van der Waals surface area contributed by atoms with Gasteiger partial charge in [-0.1, -0.05) is 13.3 Å². The molecule has 0 atom stereocenters. The van der Waals surface area contributed by atoms with E-state index in [0.717, 1.165) is 26.2 Å². The molecule has 1 saturated carbocycles. The summed E-state index contributed by atoms with van der Waals surface area (Å²) in [6.07, 6.45) is 9.29. The van der Waals surface area contributed by atoms with Crippen LogP contribution in [-0.2, 0) is 4.74 Å².